The Bertz CT molecular complexity index is 1710. The quantitative estimate of drug-likeness (QED) is 0.282. The second-order valence-corrected chi connectivity index (χ2v) is 11.0. The van der Waals surface area contributed by atoms with E-state index in [1.807, 2.05) is 12.1 Å². The molecule has 1 saturated carbocycles. The minimum absolute atomic E-state index is 0.0756. The molecule has 1 aromatic heterocycles. The number of hydrogen-bond donors (Lipinski definition) is 0. The summed E-state index contributed by atoms with van der Waals surface area (Å²) >= 11 is 6.52. The highest BCUT2D eigenvalue weighted by Gasteiger charge is 2.47. The number of cyclic esters (lactones) is 1. The number of nitrogens with zero attached hydrogens (tertiary/aromatic N) is 5. The molecule has 2 aliphatic rings. The molecular formula is C31H23ClF3N5O4. The highest BCUT2D eigenvalue weighted by molar-refractivity contribution is 6.31. The zero-order valence-corrected chi connectivity index (χ0v) is 23.7. The Morgan fingerprint density at radius 2 is 1.84 bits per heavy atom. The molecule has 9 nitrogen and oxygen atoms in total. The maximum absolute atomic E-state index is 14.8. The number of ketones is 1. The number of pyridine rings is 1. The van der Waals surface area contributed by atoms with Gasteiger partial charge in [-0.05, 0) is 48.7 Å². The van der Waals surface area contributed by atoms with Crippen molar-refractivity contribution in [3.8, 4) is 12.1 Å². The summed E-state index contributed by atoms with van der Waals surface area (Å²) in [5, 5.41) is 19.0. The number of anilines is 2. The molecule has 224 valence electrons. The van der Waals surface area contributed by atoms with E-state index in [0.29, 0.717) is 0 Å². The first-order chi connectivity index (χ1) is 21.0. The van der Waals surface area contributed by atoms with Crippen LogP contribution in [0.25, 0.3) is 0 Å². The predicted molar refractivity (Wildman–Crippen MR) is 151 cm³/mol. The van der Waals surface area contributed by atoms with Gasteiger partial charge in [-0.15, -0.1) is 0 Å². The van der Waals surface area contributed by atoms with Gasteiger partial charge in [0.05, 0.1) is 23.3 Å². The number of halogens is 4. The molecule has 1 saturated heterocycles. The summed E-state index contributed by atoms with van der Waals surface area (Å²) in [4.78, 5) is 47.4. The molecule has 0 spiro atoms. The van der Waals surface area contributed by atoms with E-state index >= 15 is 0 Å². The van der Waals surface area contributed by atoms with Crippen LogP contribution in [0.3, 0.4) is 0 Å². The molecule has 0 radical (unpaired) electrons. The number of aromatic nitrogens is 1. The number of benzene rings is 2. The van der Waals surface area contributed by atoms with Crippen molar-refractivity contribution in [2.45, 2.75) is 43.7 Å². The molecule has 0 N–H and O–H groups in total. The van der Waals surface area contributed by atoms with Gasteiger partial charge in [-0.2, -0.15) is 10.5 Å². The van der Waals surface area contributed by atoms with Gasteiger partial charge < -0.3 is 4.74 Å². The first kappa shape index (κ1) is 30.5. The minimum atomic E-state index is -2.79. The van der Waals surface area contributed by atoms with E-state index in [2.05, 4.69) is 4.98 Å². The molecule has 3 aromatic rings. The van der Waals surface area contributed by atoms with Crippen molar-refractivity contribution >= 4 is 40.9 Å². The molecule has 1 aliphatic heterocycles. The molecule has 2 aromatic carbocycles. The van der Waals surface area contributed by atoms with Gasteiger partial charge in [0, 0.05) is 41.7 Å². The Balaban J connectivity index is 1.62. The van der Waals surface area contributed by atoms with Crippen LogP contribution in [0.5, 0.6) is 0 Å². The Kier molecular flexibility index (Phi) is 8.56. The summed E-state index contributed by atoms with van der Waals surface area (Å²) in [6.07, 6.45) is -0.498. The fourth-order valence-corrected chi connectivity index (χ4v) is 5.68. The van der Waals surface area contributed by atoms with Crippen LogP contribution in [0.1, 0.15) is 48.4 Å². The lowest BCUT2D eigenvalue weighted by molar-refractivity contribution is -0.128. The Morgan fingerprint density at radius 3 is 2.52 bits per heavy atom. The third kappa shape index (κ3) is 6.21. The summed E-state index contributed by atoms with van der Waals surface area (Å²) in [5.41, 5.74) is -0.0280. The van der Waals surface area contributed by atoms with Gasteiger partial charge in [0.25, 0.3) is 5.91 Å². The van der Waals surface area contributed by atoms with E-state index in [0.717, 1.165) is 21.9 Å². The summed E-state index contributed by atoms with van der Waals surface area (Å²) in [6.45, 7) is -0.479. The minimum Gasteiger partial charge on any atom is -0.446 e. The summed E-state index contributed by atoms with van der Waals surface area (Å²) < 4.78 is 47.0. The highest BCUT2D eigenvalue weighted by Crippen LogP contribution is 2.45. The summed E-state index contributed by atoms with van der Waals surface area (Å²) in [5.74, 6) is -5.62. The summed E-state index contributed by atoms with van der Waals surface area (Å²) in [7, 11) is 0. The van der Waals surface area contributed by atoms with Gasteiger partial charge in [0.15, 0.2) is 11.8 Å². The molecule has 2 amide bonds. The number of ether oxygens (including phenoxy) is 1. The second kappa shape index (κ2) is 12.3. The molecule has 2 atom stereocenters. The van der Waals surface area contributed by atoms with Gasteiger partial charge in [0.1, 0.15) is 24.3 Å². The van der Waals surface area contributed by atoms with Gasteiger partial charge in [-0.1, -0.05) is 29.8 Å². The van der Waals surface area contributed by atoms with Crippen LogP contribution in [-0.4, -0.2) is 41.3 Å². The normalized spacial score (nSPS) is 18.0. The molecule has 2 fully saturated rings. The van der Waals surface area contributed by atoms with E-state index in [1.54, 1.807) is 12.1 Å². The van der Waals surface area contributed by atoms with Gasteiger partial charge in [-0.25, -0.2) is 27.8 Å². The van der Waals surface area contributed by atoms with Crippen molar-refractivity contribution in [3.63, 3.8) is 0 Å². The monoisotopic (exact) mass is 621 g/mol. The van der Waals surface area contributed by atoms with Gasteiger partial charge in [0.2, 0.25) is 5.92 Å². The lowest BCUT2D eigenvalue weighted by Crippen LogP contribution is -2.51. The van der Waals surface area contributed by atoms with Crippen molar-refractivity contribution in [3.05, 3.63) is 88.3 Å². The standard InChI is InChI=1S/C31H23ClF3N5O4/c32-24-4-2-1-3-23(24)28(26(41)6-5-19-13-31(34,35)14-19)39(22-10-20(16-37)9-21(33)12-22)29(42)25-17-44-30(43)40(25)27-11-18(15-36)7-8-38-27/h1-4,7-12,19,25,28H,5-6,13-14,17H2/t25-,28-/m0/s1. The van der Waals surface area contributed by atoms with E-state index in [1.165, 1.54) is 36.5 Å². The van der Waals surface area contributed by atoms with Crippen LogP contribution in [0.2, 0.25) is 5.02 Å². The third-order valence-corrected chi connectivity index (χ3v) is 7.89. The number of Topliss-reactive ketones (excluding diaryl/α,β-unsaturated/α-hetero) is 1. The topological polar surface area (TPSA) is 127 Å². The molecule has 0 bridgehead atoms. The smallest absolute Gasteiger partial charge is 0.416 e. The number of alkyl halides is 2. The first-order valence-electron chi connectivity index (χ1n) is 13.5. The summed E-state index contributed by atoms with van der Waals surface area (Å²) in [6, 6.07) is 12.8. The zero-order valence-electron chi connectivity index (χ0n) is 22.9. The Labute approximate surface area is 255 Å². The van der Waals surface area contributed by atoms with Crippen LogP contribution >= 0.6 is 11.6 Å². The van der Waals surface area contributed by atoms with Crippen LogP contribution < -0.4 is 9.80 Å². The molecule has 0 unspecified atom stereocenters. The van der Waals surface area contributed by atoms with Crippen molar-refractivity contribution < 1.29 is 32.3 Å². The van der Waals surface area contributed by atoms with Gasteiger partial charge >= 0.3 is 6.09 Å². The molecule has 13 heteroatoms. The van der Waals surface area contributed by atoms with Crippen molar-refractivity contribution in [2.75, 3.05) is 16.4 Å². The molecule has 44 heavy (non-hydrogen) atoms. The number of carbonyl (C=O) groups is 3. The van der Waals surface area contributed by atoms with Gasteiger partial charge in [-0.3, -0.25) is 14.5 Å². The molecular weight excluding hydrogens is 599 g/mol. The lowest BCUT2D eigenvalue weighted by atomic mass is 9.77. The largest absolute Gasteiger partial charge is 0.446 e. The Morgan fingerprint density at radius 1 is 1.11 bits per heavy atom. The van der Waals surface area contributed by atoms with Crippen LogP contribution in [0, 0.1) is 34.4 Å². The number of amides is 2. The Hall–Kier alpha value is -4.94. The van der Waals surface area contributed by atoms with E-state index in [9.17, 15) is 38.1 Å². The fourth-order valence-electron chi connectivity index (χ4n) is 5.44. The maximum Gasteiger partial charge on any atom is 0.416 e. The van der Waals surface area contributed by atoms with Crippen LogP contribution in [-0.2, 0) is 14.3 Å². The predicted octanol–water partition coefficient (Wildman–Crippen LogP) is 6.11. The molecule has 1 aliphatic carbocycles. The zero-order chi connectivity index (χ0) is 31.6. The van der Waals surface area contributed by atoms with Crippen molar-refractivity contribution in [1.29, 1.82) is 10.5 Å². The number of hydrogen-bond acceptors (Lipinski definition) is 7. The van der Waals surface area contributed by atoms with E-state index < -0.39 is 54.1 Å². The van der Waals surface area contributed by atoms with E-state index in [-0.39, 0.29) is 58.9 Å². The maximum atomic E-state index is 14.8. The van der Waals surface area contributed by atoms with Crippen molar-refractivity contribution in [2.24, 2.45) is 5.92 Å². The van der Waals surface area contributed by atoms with Crippen LogP contribution in [0.15, 0.2) is 60.8 Å². The fraction of sp³-hybridized carbons (Fsp3) is 0.290. The average molecular weight is 622 g/mol. The number of nitriles is 2. The average Bonchev–Trinajstić information content (AvgIpc) is 3.38. The first-order valence-corrected chi connectivity index (χ1v) is 13.9. The number of rotatable bonds is 9. The second-order valence-electron chi connectivity index (χ2n) is 10.6. The lowest BCUT2D eigenvalue weighted by Gasteiger charge is -2.37. The SMILES string of the molecule is N#Cc1cc(F)cc(N(C(=O)[C@@H]2COC(=O)N2c2cc(C#N)ccn2)[C@H](C(=O)CCC2CC(F)(F)C2)c2ccccc2Cl)c1. The third-order valence-electron chi connectivity index (χ3n) is 7.54. The molecule has 2 heterocycles. The number of carbonyl (C=O) groups excluding carboxylic acids is 3. The molecule has 5 rings (SSSR count). The highest BCUT2D eigenvalue weighted by atomic mass is 35.5. The van der Waals surface area contributed by atoms with Crippen molar-refractivity contribution in [1.82, 2.24) is 4.98 Å². The van der Waals surface area contributed by atoms with E-state index in [4.69, 9.17) is 16.3 Å². The van der Waals surface area contributed by atoms with Crippen LogP contribution in [0.4, 0.5) is 29.5 Å².